The van der Waals surface area contributed by atoms with Gasteiger partial charge in [-0.3, -0.25) is 4.79 Å². The number of aliphatic hydroxyl groups excluding tert-OH is 1. The zero-order chi connectivity index (χ0) is 14.4. The van der Waals surface area contributed by atoms with E-state index in [1.54, 1.807) is 0 Å². The fourth-order valence-corrected chi connectivity index (χ4v) is 3.16. The first kappa shape index (κ1) is 15.5. The largest absolute Gasteiger partial charge is 0.480 e. The zero-order valence-electron chi connectivity index (χ0n) is 9.52. The van der Waals surface area contributed by atoms with Crippen LogP contribution >= 0.6 is 23.2 Å². The quantitative estimate of drug-likeness (QED) is 0.489. The molecule has 0 radical (unpaired) electrons. The predicted octanol–water partition coefficient (Wildman–Crippen LogP) is -0.136. The van der Waals surface area contributed by atoms with Gasteiger partial charge in [-0.15, -0.1) is 11.6 Å². The van der Waals surface area contributed by atoms with Crippen LogP contribution in [0.4, 0.5) is 0 Å². The van der Waals surface area contributed by atoms with Gasteiger partial charge in [0.05, 0.1) is 6.10 Å². The number of carboxylic acids is 2. The van der Waals surface area contributed by atoms with E-state index in [9.17, 15) is 14.7 Å². The fourth-order valence-electron chi connectivity index (χ4n) is 2.26. The topological polar surface area (TPSA) is 113 Å². The summed E-state index contributed by atoms with van der Waals surface area (Å²) in [5.74, 6) is -5.71. The van der Waals surface area contributed by atoms with Crippen molar-refractivity contribution in [3.8, 4) is 0 Å². The van der Waals surface area contributed by atoms with E-state index in [0.29, 0.717) is 0 Å². The molecule has 1 fully saturated rings. The predicted molar refractivity (Wildman–Crippen MR) is 59.8 cm³/mol. The van der Waals surface area contributed by atoms with Crippen LogP contribution in [0.25, 0.3) is 0 Å². The number of rotatable bonds is 4. The average molecular weight is 303 g/mol. The Bertz CT molecular complexity index is 383. The molecule has 0 amide bonds. The monoisotopic (exact) mass is 302 g/mol. The molecule has 18 heavy (non-hydrogen) atoms. The van der Waals surface area contributed by atoms with Gasteiger partial charge in [0.15, 0.2) is 4.87 Å². The van der Waals surface area contributed by atoms with Gasteiger partial charge in [0.25, 0.3) is 0 Å². The molecule has 3 atom stereocenters. The molecule has 1 rings (SSSR count). The van der Waals surface area contributed by atoms with E-state index < -0.39 is 40.0 Å². The molecule has 0 aromatic carbocycles. The van der Waals surface area contributed by atoms with E-state index in [2.05, 4.69) is 0 Å². The first-order valence-electron chi connectivity index (χ1n) is 4.77. The van der Waals surface area contributed by atoms with Crippen molar-refractivity contribution in [3.63, 3.8) is 0 Å². The van der Waals surface area contributed by atoms with Crippen molar-refractivity contribution in [1.82, 2.24) is 0 Å². The summed E-state index contributed by atoms with van der Waals surface area (Å²) in [6.45, 7) is 0. The highest BCUT2D eigenvalue weighted by atomic mass is 35.5. The summed E-state index contributed by atoms with van der Waals surface area (Å²) in [6, 6.07) is 0. The SMILES string of the molecule is COC1(OC)[C@@](Cl)(C(=O)O)C[C@@H](O)[C@@]1(Cl)C(=O)O. The van der Waals surface area contributed by atoms with E-state index in [-0.39, 0.29) is 0 Å². The van der Waals surface area contributed by atoms with Crippen LogP contribution in [0.2, 0.25) is 0 Å². The van der Waals surface area contributed by atoms with Crippen LogP contribution < -0.4 is 0 Å². The lowest BCUT2D eigenvalue weighted by atomic mass is 9.93. The molecule has 0 unspecified atom stereocenters. The zero-order valence-corrected chi connectivity index (χ0v) is 11.0. The average Bonchev–Trinajstić information content (AvgIpc) is 2.47. The Morgan fingerprint density at radius 1 is 1.17 bits per heavy atom. The van der Waals surface area contributed by atoms with Crippen LogP contribution in [-0.4, -0.2) is 63.1 Å². The van der Waals surface area contributed by atoms with Crippen molar-refractivity contribution in [3.05, 3.63) is 0 Å². The number of halogens is 2. The molecular weight excluding hydrogens is 291 g/mol. The highest BCUT2D eigenvalue weighted by molar-refractivity contribution is 6.41. The standard InChI is InChI=1S/C9H12Cl2O7/c1-17-9(18-2)7(10,5(13)14)3-4(12)8(9,11)6(15)16/h4,12H,3H2,1-2H3,(H,13,14)(H,15,16)/t4-,7+,8-/m1/s1. The summed E-state index contributed by atoms with van der Waals surface area (Å²) < 4.78 is 9.73. The fraction of sp³-hybridized carbons (Fsp3) is 0.778. The molecule has 9 heteroatoms. The van der Waals surface area contributed by atoms with Crippen LogP contribution in [0, 0.1) is 0 Å². The lowest BCUT2D eigenvalue weighted by Crippen LogP contribution is -2.67. The van der Waals surface area contributed by atoms with E-state index in [1.807, 2.05) is 0 Å². The van der Waals surface area contributed by atoms with Crippen LogP contribution in [0.1, 0.15) is 6.42 Å². The van der Waals surface area contributed by atoms with Crippen molar-refractivity contribution in [2.45, 2.75) is 28.1 Å². The van der Waals surface area contributed by atoms with Gasteiger partial charge < -0.3 is 24.8 Å². The first-order valence-corrected chi connectivity index (χ1v) is 5.52. The summed E-state index contributed by atoms with van der Waals surface area (Å²) >= 11 is 11.8. The van der Waals surface area contributed by atoms with E-state index in [4.69, 9.17) is 42.9 Å². The van der Waals surface area contributed by atoms with Crippen molar-refractivity contribution in [1.29, 1.82) is 0 Å². The van der Waals surface area contributed by atoms with Crippen molar-refractivity contribution in [2.75, 3.05) is 14.2 Å². The first-order chi connectivity index (χ1) is 8.14. The third-order valence-corrected chi connectivity index (χ3v) is 4.39. The van der Waals surface area contributed by atoms with Crippen molar-refractivity contribution < 1.29 is 34.4 Å². The molecule has 0 aromatic heterocycles. The van der Waals surface area contributed by atoms with Gasteiger partial charge in [0.2, 0.25) is 10.7 Å². The van der Waals surface area contributed by atoms with Gasteiger partial charge >= 0.3 is 11.9 Å². The molecule has 1 aliphatic rings. The minimum atomic E-state index is -2.53. The summed E-state index contributed by atoms with van der Waals surface area (Å²) in [4.78, 5) is 17.7. The lowest BCUT2D eigenvalue weighted by molar-refractivity contribution is -0.243. The van der Waals surface area contributed by atoms with E-state index in [1.165, 1.54) is 0 Å². The minimum absolute atomic E-state index is 0.638. The highest BCUT2D eigenvalue weighted by Gasteiger charge is 2.80. The molecule has 1 saturated carbocycles. The molecule has 0 saturated heterocycles. The maximum Gasteiger partial charge on any atom is 0.333 e. The Kier molecular flexibility index (Phi) is 3.86. The van der Waals surface area contributed by atoms with E-state index >= 15 is 0 Å². The van der Waals surface area contributed by atoms with Gasteiger partial charge in [-0.1, -0.05) is 11.6 Å². The summed E-state index contributed by atoms with van der Waals surface area (Å²) in [7, 11) is 2.00. The molecule has 3 N–H and O–H groups in total. The number of alkyl halides is 2. The Labute approximate surface area is 112 Å². The Hall–Kier alpha value is -0.600. The number of methoxy groups -OCH3 is 2. The summed E-state index contributed by atoms with van der Waals surface area (Å²) in [5.41, 5.74) is 0. The Morgan fingerprint density at radius 3 is 1.89 bits per heavy atom. The summed E-state index contributed by atoms with van der Waals surface area (Å²) in [5, 5.41) is 28.1. The molecule has 0 aromatic rings. The van der Waals surface area contributed by atoms with Crippen LogP contribution in [0.3, 0.4) is 0 Å². The van der Waals surface area contributed by atoms with Gasteiger partial charge in [-0.25, -0.2) is 4.79 Å². The normalized spacial score (nSPS) is 38.6. The molecule has 0 bridgehead atoms. The Balaban J connectivity index is 3.57. The molecule has 7 nitrogen and oxygen atoms in total. The molecule has 0 heterocycles. The van der Waals surface area contributed by atoms with Crippen molar-refractivity contribution >= 4 is 35.1 Å². The second-order valence-corrected chi connectivity index (χ2v) is 5.11. The van der Waals surface area contributed by atoms with Crippen LogP contribution in [-0.2, 0) is 19.1 Å². The maximum atomic E-state index is 11.3. The number of ether oxygens (including phenoxy) is 2. The number of aliphatic hydroxyl groups is 1. The number of hydrogen-bond donors (Lipinski definition) is 3. The van der Waals surface area contributed by atoms with Crippen LogP contribution in [0.5, 0.6) is 0 Å². The van der Waals surface area contributed by atoms with Gasteiger partial charge in [-0.05, 0) is 0 Å². The maximum absolute atomic E-state index is 11.3. The van der Waals surface area contributed by atoms with Crippen LogP contribution in [0.15, 0.2) is 0 Å². The lowest BCUT2D eigenvalue weighted by Gasteiger charge is -2.42. The third-order valence-electron chi connectivity index (χ3n) is 3.16. The second-order valence-electron chi connectivity index (χ2n) is 3.87. The molecule has 104 valence electrons. The second kappa shape index (κ2) is 4.50. The van der Waals surface area contributed by atoms with Gasteiger partial charge in [0.1, 0.15) is 0 Å². The number of aliphatic carboxylic acids is 2. The number of hydrogen-bond acceptors (Lipinski definition) is 5. The molecule has 0 aliphatic heterocycles. The smallest absolute Gasteiger partial charge is 0.333 e. The Morgan fingerprint density at radius 2 is 1.61 bits per heavy atom. The summed E-state index contributed by atoms with van der Waals surface area (Å²) in [6.07, 6.45) is -2.40. The number of carbonyl (C=O) groups is 2. The number of carboxylic acid groups (broad SMARTS) is 2. The van der Waals surface area contributed by atoms with Gasteiger partial charge in [0, 0.05) is 20.6 Å². The highest BCUT2D eigenvalue weighted by Crippen LogP contribution is 2.56. The third kappa shape index (κ3) is 1.48. The molecule has 0 spiro atoms. The minimum Gasteiger partial charge on any atom is -0.480 e. The van der Waals surface area contributed by atoms with E-state index in [0.717, 1.165) is 14.2 Å². The van der Waals surface area contributed by atoms with Crippen molar-refractivity contribution in [2.24, 2.45) is 0 Å². The molecular formula is C9H12Cl2O7. The molecule has 1 aliphatic carbocycles. The van der Waals surface area contributed by atoms with Gasteiger partial charge in [-0.2, -0.15) is 0 Å².